The number of benzene rings is 2. The maximum absolute atomic E-state index is 13.6. The zero-order valence-corrected chi connectivity index (χ0v) is 12.4. The van der Waals surface area contributed by atoms with Gasteiger partial charge < -0.3 is 4.74 Å². The Labute approximate surface area is 123 Å². The predicted molar refractivity (Wildman–Crippen MR) is 79.4 cm³/mol. The van der Waals surface area contributed by atoms with Gasteiger partial charge in [-0.1, -0.05) is 19.1 Å². The van der Waals surface area contributed by atoms with Crippen LogP contribution in [0.5, 0.6) is 5.75 Å². The van der Waals surface area contributed by atoms with Gasteiger partial charge in [0, 0.05) is 5.69 Å². The van der Waals surface area contributed by atoms with Gasteiger partial charge in [-0.15, -0.1) is 0 Å². The topological polar surface area (TPSA) is 55.4 Å². The SMILES string of the molecule is CCCOc1ccc(NS(=O)(=O)c2ccccc2F)cc1. The van der Waals surface area contributed by atoms with Crippen molar-refractivity contribution in [1.82, 2.24) is 0 Å². The van der Waals surface area contributed by atoms with Crippen molar-refractivity contribution < 1.29 is 17.5 Å². The molecule has 0 radical (unpaired) electrons. The molecule has 112 valence electrons. The van der Waals surface area contributed by atoms with E-state index in [1.54, 1.807) is 24.3 Å². The number of rotatable bonds is 6. The van der Waals surface area contributed by atoms with Crippen molar-refractivity contribution in [3.63, 3.8) is 0 Å². The largest absolute Gasteiger partial charge is 0.494 e. The molecule has 1 N–H and O–H groups in total. The lowest BCUT2D eigenvalue weighted by molar-refractivity contribution is 0.317. The van der Waals surface area contributed by atoms with Crippen molar-refractivity contribution in [1.29, 1.82) is 0 Å². The third-order valence-electron chi connectivity index (χ3n) is 2.71. The van der Waals surface area contributed by atoms with Gasteiger partial charge in [0.15, 0.2) is 0 Å². The Morgan fingerprint density at radius 1 is 1.10 bits per heavy atom. The minimum Gasteiger partial charge on any atom is -0.494 e. The van der Waals surface area contributed by atoms with Gasteiger partial charge >= 0.3 is 0 Å². The maximum atomic E-state index is 13.6. The van der Waals surface area contributed by atoms with E-state index in [1.807, 2.05) is 6.92 Å². The summed E-state index contributed by atoms with van der Waals surface area (Å²) < 4.78 is 45.5. The molecule has 0 aromatic heterocycles. The molecule has 0 fully saturated rings. The molecule has 0 heterocycles. The van der Waals surface area contributed by atoms with Crippen molar-refractivity contribution >= 4 is 15.7 Å². The van der Waals surface area contributed by atoms with Gasteiger partial charge in [-0.3, -0.25) is 4.72 Å². The van der Waals surface area contributed by atoms with E-state index in [4.69, 9.17) is 4.74 Å². The highest BCUT2D eigenvalue weighted by molar-refractivity contribution is 7.92. The highest BCUT2D eigenvalue weighted by atomic mass is 32.2. The molecule has 4 nitrogen and oxygen atoms in total. The van der Waals surface area contributed by atoms with Crippen LogP contribution >= 0.6 is 0 Å². The van der Waals surface area contributed by atoms with Crippen LogP contribution in [0.1, 0.15) is 13.3 Å². The first-order chi connectivity index (χ1) is 10.0. The molecular weight excluding hydrogens is 293 g/mol. The average molecular weight is 309 g/mol. The summed E-state index contributed by atoms with van der Waals surface area (Å²) in [6, 6.07) is 11.7. The van der Waals surface area contributed by atoms with Crippen molar-refractivity contribution in [2.45, 2.75) is 18.2 Å². The Morgan fingerprint density at radius 2 is 1.76 bits per heavy atom. The highest BCUT2D eigenvalue weighted by Gasteiger charge is 2.18. The molecule has 2 rings (SSSR count). The van der Waals surface area contributed by atoms with Crippen LogP contribution < -0.4 is 9.46 Å². The lowest BCUT2D eigenvalue weighted by Gasteiger charge is -2.10. The van der Waals surface area contributed by atoms with Gasteiger partial charge in [0.1, 0.15) is 16.5 Å². The lowest BCUT2D eigenvalue weighted by atomic mass is 10.3. The Bertz CT molecular complexity index is 699. The first kappa shape index (κ1) is 15.3. The zero-order valence-electron chi connectivity index (χ0n) is 11.5. The summed E-state index contributed by atoms with van der Waals surface area (Å²) in [4.78, 5) is -0.378. The monoisotopic (exact) mass is 309 g/mol. The van der Waals surface area contributed by atoms with Crippen LogP contribution in [0.25, 0.3) is 0 Å². The van der Waals surface area contributed by atoms with Gasteiger partial charge in [0.2, 0.25) is 0 Å². The number of hydrogen-bond acceptors (Lipinski definition) is 3. The van der Waals surface area contributed by atoms with Gasteiger partial charge in [-0.25, -0.2) is 12.8 Å². The Morgan fingerprint density at radius 3 is 2.38 bits per heavy atom. The number of sulfonamides is 1. The highest BCUT2D eigenvalue weighted by Crippen LogP contribution is 2.21. The fraction of sp³-hybridized carbons (Fsp3) is 0.200. The summed E-state index contributed by atoms with van der Waals surface area (Å²) in [5, 5.41) is 0. The minimum atomic E-state index is -3.94. The van der Waals surface area contributed by atoms with Crippen LogP contribution in [0.15, 0.2) is 53.4 Å². The lowest BCUT2D eigenvalue weighted by Crippen LogP contribution is -2.14. The number of nitrogens with one attached hydrogen (secondary N) is 1. The molecule has 0 aliphatic heterocycles. The third kappa shape index (κ3) is 3.95. The summed E-state index contributed by atoms with van der Waals surface area (Å²) >= 11 is 0. The summed E-state index contributed by atoms with van der Waals surface area (Å²) in [6.45, 7) is 2.59. The van der Waals surface area contributed by atoms with Crippen molar-refractivity contribution in [3.05, 3.63) is 54.3 Å². The Hall–Kier alpha value is -2.08. The van der Waals surface area contributed by atoms with Gasteiger partial charge in [-0.2, -0.15) is 0 Å². The first-order valence-corrected chi connectivity index (χ1v) is 8.01. The van der Waals surface area contributed by atoms with Crippen LogP contribution in [0.4, 0.5) is 10.1 Å². The standard InChI is InChI=1S/C15H16FNO3S/c1-2-11-20-13-9-7-12(8-10-13)17-21(18,19)15-6-4-3-5-14(15)16/h3-10,17H,2,11H2,1H3. The molecule has 2 aromatic rings. The predicted octanol–water partition coefficient (Wildman–Crippen LogP) is 3.42. The van der Waals surface area contributed by atoms with Crippen molar-refractivity contribution in [2.24, 2.45) is 0 Å². The molecule has 0 aliphatic carbocycles. The summed E-state index contributed by atoms with van der Waals surface area (Å²) in [7, 11) is -3.94. The second kappa shape index (κ2) is 6.58. The number of anilines is 1. The molecular formula is C15H16FNO3S. The molecule has 0 aliphatic rings. The molecule has 0 bridgehead atoms. The second-order valence-corrected chi connectivity index (χ2v) is 6.06. The smallest absolute Gasteiger partial charge is 0.264 e. The molecule has 6 heteroatoms. The van der Waals surface area contributed by atoms with Crippen LogP contribution in [0, 0.1) is 5.82 Å². The Kier molecular flexibility index (Phi) is 4.80. The van der Waals surface area contributed by atoms with Crippen LogP contribution in [-0.2, 0) is 10.0 Å². The normalized spacial score (nSPS) is 11.1. The quantitative estimate of drug-likeness (QED) is 0.889. The second-order valence-electron chi connectivity index (χ2n) is 4.41. The van der Waals surface area contributed by atoms with Crippen LogP contribution in [-0.4, -0.2) is 15.0 Å². The van der Waals surface area contributed by atoms with Crippen LogP contribution in [0.3, 0.4) is 0 Å². The molecule has 2 aromatic carbocycles. The van der Waals surface area contributed by atoms with E-state index in [-0.39, 0.29) is 4.90 Å². The van der Waals surface area contributed by atoms with Crippen molar-refractivity contribution in [3.8, 4) is 5.75 Å². The fourth-order valence-corrected chi connectivity index (χ4v) is 2.85. The van der Waals surface area contributed by atoms with E-state index in [2.05, 4.69) is 4.72 Å². The number of halogens is 1. The molecule has 21 heavy (non-hydrogen) atoms. The van der Waals surface area contributed by atoms with E-state index in [0.29, 0.717) is 18.0 Å². The average Bonchev–Trinajstić information content (AvgIpc) is 2.46. The number of hydrogen-bond donors (Lipinski definition) is 1. The molecule has 0 spiro atoms. The molecule has 0 saturated heterocycles. The summed E-state index contributed by atoms with van der Waals surface area (Å²) in [5.41, 5.74) is 0.349. The van der Waals surface area contributed by atoms with E-state index >= 15 is 0 Å². The maximum Gasteiger partial charge on any atom is 0.264 e. The first-order valence-electron chi connectivity index (χ1n) is 6.53. The van der Waals surface area contributed by atoms with Gasteiger partial charge in [0.05, 0.1) is 6.61 Å². The molecule has 0 unspecified atom stereocenters. The Balaban J connectivity index is 2.16. The van der Waals surface area contributed by atoms with E-state index in [9.17, 15) is 12.8 Å². The number of ether oxygens (including phenoxy) is 1. The van der Waals surface area contributed by atoms with Gasteiger partial charge in [0.25, 0.3) is 10.0 Å². The van der Waals surface area contributed by atoms with E-state index < -0.39 is 15.8 Å². The van der Waals surface area contributed by atoms with Gasteiger partial charge in [-0.05, 0) is 42.8 Å². The van der Waals surface area contributed by atoms with Crippen molar-refractivity contribution in [2.75, 3.05) is 11.3 Å². The fourth-order valence-electron chi connectivity index (χ4n) is 1.71. The molecule has 0 amide bonds. The zero-order chi connectivity index (χ0) is 15.3. The summed E-state index contributed by atoms with van der Waals surface area (Å²) in [6.07, 6.45) is 0.891. The van der Waals surface area contributed by atoms with E-state index in [0.717, 1.165) is 12.5 Å². The minimum absolute atomic E-state index is 0.349. The molecule has 0 atom stereocenters. The molecule has 0 saturated carbocycles. The summed E-state index contributed by atoms with van der Waals surface area (Å²) in [5.74, 6) is -0.126. The van der Waals surface area contributed by atoms with Crippen LogP contribution in [0.2, 0.25) is 0 Å². The van der Waals surface area contributed by atoms with E-state index in [1.165, 1.54) is 18.2 Å². The third-order valence-corrected chi connectivity index (χ3v) is 4.12.